The fourth-order valence-corrected chi connectivity index (χ4v) is 4.25. The number of benzene rings is 2. The van der Waals surface area contributed by atoms with Gasteiger partial charge in [-0.3, -0.25) is 4.90 Å². The molecule has 1 saturated carbocycles. The molecule has 1 atom stereocenters. The fraction of sp³-hybridized carbons (Fsp3) is 0.444. The maximum Gasteiger partial charge on any atom is 0.222 e. The molecule has 1 fully saturated rings. The highest BCUT2D eigenvalue weighted by Crippen LogP contribution is 2.39. The maximum atomic E-state index is 10.7. The van der Waals surface area contributed by atoms with Crippen LogP contribution in [0.1, 0.15) is 44.6 Å². The number of para-hydroxylation sites is 2. The van der Waals surface area contributed by atoms with E-state index in [4.69, 9.17) is 14.6 Å². The van der Waals surface area contributed by atoms with Crippen LogP contribution in [0.25, 0.3) is 11.3 Å². The molecule has 0 radical (unpaired) electrons. The van der Waals surface area contributed by atoms with Crippen molar-refractivity contribution in [2.24, 2.45) is 7.05 Å². The van der Waals surface area contributed by atoms with Crippen LogP contribution in [0.15, 0.2) is 54.6 Å². The van der Waals surface area contributed by atoms with E-state index in [0.717, 1.165) is 36.1 Å². The number of aromatic nitrogens is 2. The maximum absolute atomic E-state index is 10.7. The first-order valence-corrected chi connectivity index (χ1v) is 11.9. The van der Waals surface area contributed by atoms with Crippen molar-refractivity contribution >= 4 is 0 Å². The molecule has 1 aliphatic carbocycles. The standard InChI is InChI=1S/C27H35N3O3/c1-4-5-13-22(31)18-30(21-16-17-21)19-23-26(20-11-7-6-8-12-20)28-29(2)27(23)33-25-15-10-9-14-24(25)32-3/h6-12,14-15,21-22,31H,4-5,13,16-19H2,1-3H3. The zero-order valence-electron chi connectivity index (χ0n) is 19.9. The number of aliphatic hydroxyl groups is 1. The number of aryl methyl sites for hydroxylation is 1. The lowest BCUT2D eigenvalue weighted by Gasteiger charge is -2.25. The second-order valence-corrected chi connectivity index (χ2v) is 8.83. The Kier molecular flexibility index (Phi) is 7.68. The van der Waals surface area contributed by atoms with Gasteiger partial charge in [0.1, 0.15) is 5.69 Å². The molecule has 0 amide bonds. The van der Waals surface area contributed by atoms with Crippen molar-refractivity contribution in [3.8, 4) is 28.6 Å². The molecule has 4 rings (SSSR count). The minimum absolute atomic E-state index is 0.319. The van der Waals surface area contributed by atoms with Crippen molar-refractivity contribution in [2.75, 3.05) is 13.7 Å². The zero-order valence-corrected chi connectivity index (χ0v) is 19.9. The predicted octanol–water partition coefficient (Wildman–Crippen LogP) is 5.40. The van der Waals surface area contributed by atoms with Crippen LogP contribution >= 0.6 is 0 Å². The molecule has 0 aliphatic heterocycles. The van der Waals surface area contributed by atoms with Crippen LogP contribution in [0.3, 0.4) is 0 Å². The first kappa shape index (κ1) is 23.3. The minimum atomic E-state index is -0.319. The Hall–Kier alpha value is -2.83. The molecule has 0 spiro atoms. The first-order chi connectivity index (χ1) is 16.1. The number of hydrogen-bond donors (Lipinski definition) is 1. The summed E-state index contributed by atoms with van der Waals surface area (Å²) in [5.41, 5.74) is 3.00. The van der Waals surface area contributed by atoms with Gasteiger partial charge in [-0.2, -0.15) is 5.10 Å². The highest BCUT2D eigenvalue weighted by molar-refractivity contribution is 5.66. The predicted molar refractivity (Wildman–Crippen MR) is 131 cm³/mol. The summed E-state index contributed by atoms with van der Waals surface area (Å²) in [6.07, 6.45) is 5.00. The lowest BCUT2D eigenvalue weighted by atomic mass is 10.1. The lowest BCUT2D eigenvalue weighted by molar-refractivity contribution is 0.0951. The Balaban J connectivity index is 1.69. The van der Waals surface area contributed by atoms with Gasteiger partial charge >= 0.3 is 0 Å². The molecule has 1 aliphatic rings. The van der Waals surface area contributed by atoms with Gasteiger partial charge in [-0.25, -0.2) is 4.68 Å². The second-order valence-electron chi connectivity index (χ2n) is 8.83. The highest BCUT2D eigenvalue weighted by atomic mass is 16.5. The third kappa shape index (κ3) is 5.75. The van der Waals surface area contributed by atoms with Crippen LogP contribution in [0, 0.1) is 0 Å². The van der Waals surface area contributed by atoms with Crippen molar-refractivity contribution < 1.29 is 14.6 Å². The number of ether oxygens (including phenoxy) is 2. The number of unbranched alkanes of at least 4 members (excludes halogenated alkanes) is 1. The summed E-state index contributed by atoms with van der Waals surface area (Å²) >= 11 is 0. The molecule has 1 heterocycles. The lowest BCUT2D eigenvalue weighted by Crippen LogP contribution is -2.34. The second kappa shape index (κ2) is 10.9. The quantitative estimate of drug-likeness (QED) is 0.401. The molecule has 6 heteroatoms. The Morgan fingerprint density at radius 3 is 2.45 bits per heavy atom. The van der Waals surface area contributed by atoms with Crippen molar-refractivity contribution in [3.05, 3.63) is 60.2 Å². The average Bonchev–Trinajstić information content (AvgIpc) is 3.64. The van der Waals surface area contributed by atoms with Gasteiger partial charge in [0.25, 0.3) is 0 Å². The topological polar surface area (TPSA) is 59.8 Å². The third-order valence-electron chi connectivity index (χ3n) is 6.17. The van der Waals surface area contributed by atoms with Gasteiger partial charge < -0.3 is 14.6 Å². The molecule has 33 heavy (non-hydrogen) atoms. The number of hydrogen-bond acceptors (Lipinski definition) is 5. The van der Waals surface area contributed by atoms with Crippen molar-refractivity contribution in [3.63, 3.8) is 0 Å². The number of methoxy groups -OCH3 is 1. The fourth-order valence-electron chi connectivity index (χ4n) is 4.25. The minimum Gasteiger partial charge on any atom is -0.493 e. The van der Waals surface area contributed by atoms with Gasteiger partial charge in [-0.15, -0.1) is 0 Å². The summed E-state index contributed by atoms with van der Waals surface area (Å²) in [7, 11) is 3.56. The molecule has 176 valence electrons. The van der Waals surface area contributed by atoms with Crippen molar-refractivity contribution in [2.45, 2.75) is 57.7 Å². The molecule has 1 aromatic heterocycles. The van der Waals surface area contributed by atoms with Gasteiger partial charge in [0, 0.05) is 31.7 Å². The molecule has 3 aromatic rings. The number of nitrogens with zero attached hydrogens (tertiary/aromatic N) is 3. The van der Waals surface area contributed by atoms with E-state index in [1.54, 1.807) is 7.11 Å². The molecule has 2 aromatic carbocycles. The SMILES string of the molecule is CCCCC(O)CN(Cc1c(-c2ccccc2)nn(C)c1Oc1ccccc1OC)C1CC1. The summed E-state index contributed by atoms with van der Waals surface area (Å²) in [4.78, 5) is 2.40. The highest BCUT2D eigenvalue weighted by Gasteiger charge is 2.33. The molecule has 0 bridgehead atoms. The number of aliphatic hydroxyl groups excluding tert-OH is 1. The van der Waals surface area contributed by atoms with Crippen LogP contribution in [0.4, 0.5) is 0 Å². The average molecular weight is 450 g/mol. The largest absolute Gasteiger partial charge is 0.493 e. The molecule has 1 unspecified atom stereocenters. The van der Waals surface area contributed by atoms with E-state index in [1.807, 2.05) is 54.2 Å². The van der Waals surface area contributed by atoms with E-state index in [9.17, 15) is 5.11 Å². The summed E-state index contributed by atoms with van der Waals surface area (Å²) in [5.74, 6) is 2.04. The monoisotopic (exact) mass is 449 g/mol. The Morgan fingerprint density at radius 1 is 1.09 bits per heavy atom. The van der Waals surface area contributed by atoms with Gasteiger partial charge in [-0.1, -0.05) is 62.2 Å². The summed E-state index contributed by atoms with van der Waals surface area (Å²) in [6.45, 7) is 3.51. The van der Waals surface area contributed by atoms with Gasteiger partial charge in [0.05, 0.1) is 18.8 Å². The number of rotatable bonds is 12. The Bertz CT molecular complexity index is 1030. The first-order valence-electron chi connectivity index (χ1n) is 11.9. The summed E-state index contributed by atoms with van der Waals surface area (Å²) in [5, 5.41) is 15.5. The molecule has 6 nitrogen and oxygen atoms in total. The summed E-state index contributed by atoms with van der Waals surface area (Å²) < 4.78 is 13.7. The van der Waals surface area contributed by atoms with Crippen LogP contribution in [-0.2, 0) is 13.6 Å². The van der Waals surface area contributed by atoms with E-state index in [-0.39, 0.29) is 6.10 Å². The van der Waals surface area contributed by atoms with Crippen LogP contribution < -0.4 is 9.47 Å². The smallest absolute Gasteiger partial charge is 0.222 e. The van der Waals surface area contributed by atoms with E-state index in [1.165, 1.54) is 12.8 Å². The Labute approximate surface area is 196 Å². The van der Waals surface area contributed by atoms with Crippen molar-refractivity contribution in [1.29, 1.82) is 0 Å². The zero-order chi connectivity index (χ0) is 23.2. The van der Waals surface area contributed by atoms with Gasteiger partial charge in [-0.05, 0) is 31.4 Å². The normalized spacial score (nSPS) is 14.5. The molecule has 1 N–H and O–H groups in total. The molecular formula is C27H35N3O3. The Morgan fingerprint density at radius 2 is 1.79 bits per heavy atom. The van der Waals surface area contributed by atoms with Crippen LogP contribution in [-0.4, -0.2) is 45.6 Å². The van der Waals surface area contributed by atoms with E-state index >= 15 is 0 Å². The van der Waals surface area contributed by atoms with Gasteiger partial charge in [0.2, 0.25) is 5.88 Å². The van der Waals surface area contributed by atoms with E-state index < -0.39 is 0 Å². The summed E-state index contributed by atoms with van der Waals surface area (Å²) in [6, 6.07) is 18.4. The van der Waals surface area contributed by atoms with Crippen molar-refractivity contribution in [1.82, 2.24) is 14.7 Å². The van der Waals surface area contributed by atoms with Crippen LogP contribution in [0.5, 0.6) is 17.4 Å². The van der Waals surface area contributed by atoms with E-state index in [0.29, 0.717) is 36.5 Å². The third-order valence-corrected chi connectivity index (χ3v) is 6.17. The molecule has 0 saturated heterocycles. The molecular weight excluding hydrogens is 414 g/mol. The van der Waals surface area contributed by atoms with E-state index in [2.05, 4.69) is 24.0 Å². The van der Waals surface area contributed by atoms with Crippen LogP contribution in [0.2, 0.25) is 0 Å². The van der Waals surface area contributed by atoms with Gasteiger partial charge in [0.15, 0.2) is 11.5 Å².